The number of piperazine rings is 1. The van der Waals surface area contributed by atoms with Crippen LogP contribution in [0.1, 0.15) is 21.6 Å². The molecule has 1 fully saturated rings. The summed E-state index contributed by atoms with van der Waals surface area (Å²) in [4.78, 5) is 18.6. The zero-order valence-electron chi connectivity index (χ0n) is 14.7. The Morgan fingerprint density at radius 1 is 1.28 bits per heavy atom. The number of rotatable bonds is 4. The first-order valence-corrected chi connectivity index (χ1v) is 8.93. The van der Waals surface area contributed by atoms with Gasteiger partial charge in [0.15, 0.2) is 19.1 Å². The van der Waals surface area contributed by atoms with Gasteiger partial charge in [0.1, 0.15) is 4.64 Å². The van der Waals surface area contributed by atoms with Crippen LogP contribution in [0, 0.1) is 18.5 Å². The molecule has 0 aromatic carbocycles. The molecule has 1 amide bonds. The van der Waals surface area contributed by atoms with Gasteiger partial charge >= 0.3 is 0 Å². The highest BCUT2D eigenvalue weighted by Crippen LogP contribution is 2.13. The van der Waals surface area contributed by atoms with Crippen LogP contribution in [0.5, 0.6) is 0 Å². The largest absolute Gasteiger partial charge is 0.365 e. The molecule has 2 aromatic heterocycles. The van der Waals surface area contributed by atoms with Crippen molar-refractivity contribution in [3.63, 3.8) is 0 Å². The molecular formula is C18H25N5OS+2. The van der Waals surface area contributed by atoms with E-state index in [1.54, 1.807) is 0 Å². The van der Waals surface area contributed by atoms with Crippen LogP contribution < -0.4 is 20.5 Å². The Balaban J connectivity index is 1.73. The second-order valence-corrected chi connectivity index (χ2v) is 6.98. The van der Waals surface area contributed by atoms with Gasteiger partial charge in [-0.05, 0) is 25.5 Å². The summed E-state index contributed by atoms with van der Waals surface area (Å²) in [5.41, 5.74) is 9.16. The fourth-order valence-electron chi connectivity index (χ4n) is 3.48. The van der Waals surface area contributed by atoms with Crippen molar-refractivity contribution in [1.29, 1.82) is 0 Å². The van der Waals surface area contributed by atoms with Gasteiger partial charge in [0.05, 0.1) is 31.7 Å². The summed E-state index contributed by atoms with van der Waals surface area (Å²) < 4.78 is 2.60. The fraction of sp³-hybridized carbons (Fsp3) is 0.389. The lowest BCUT2D eigenvalue weighted by molar-refractivity contribution is -0.923. The molecule has 6 nitrogen and oxygen atoms in total. The third kappa shape index (κ3) is 3.72. The van der Waals surface area contributed by atoms with Crippen molar-refractivity contribution >= 4 is 23.8 Å². The molecule has 132 valence electrons. The number of primary amides is 1. The minimum absolute atomic E-state index is 0.447. The smallest absolute Gasteiger partial charge is 0.251 e. The number of quaternary nitrogens is 1. The van der Waals surface area contributed by atoms with Crippen LogP contribution in [-0.2, 0) is 6.67 Å². The zero-order chi connectivity index (χ0) is 18.0. The van der Waals surface area contributed by atoms with Crippen molar-refractivity contribution in [3.05, 3.63) is 52.1 Å². The molecule has 7 heteroatoms. The average molecular weight is 359 g/mol. The number of aromatic nitrogens is 2. The van der Waals surface area contributed by atoms with E-state index >= 15 is 0 Å². The fourth-order valence-corrected chi connectivity index (χ4v) is 3.95. The summed E-state index contributed by atoms with van der Waals surface area (Å²) >= 11 is 5.55. The maximum absolute atomic E-state index is 11.7. The first kappa shape index (κ1) is 17.6. The lowest BCUT2D eigenvalue weighted by Gasteiger charge is -2.34. The van der Waals surface area contributed by atoms with E-state index in [1.165, 1.54) is 10.6 Å². The van der Waals surface area contributed by atoms with E-state index in [-0.39, 0.29) is 0 Å². The number of carbonyl (C=O) groups is 1. The van der Waals surface area contributed by atoms with Gasteiger partial charge in [-0.1, -0.05) is 12.2 Å². The van der Waals surface area contributed by atoms with E-state index in [0.717, 1.165) is 44.1 Å². The number of anilines is 1. The predicted molar refractivity (Wildman–Crippen MR) is 99.2 cm³/mol. The van der Waals surface area contributed by atoms with Crippen LogP contribution >= 0.6 is 12.2 Å². The van der Waals surface area contributed by atoms with Crippen molar-refractivity contribution in [2.24, 2.45) is 5.73 Å². The minimum atomic E-state index is -0.447. The van der Waals surface area contributed by atoms with E-state index < -0.39 is 5.91 Å². The van der Waals surface area contributed by atoms with E-state index in [2.05, 4.69) is 22.0 Å². The number of pyridine rings is 2. The Hall–Kier alpha value is -2.25. The number of hydrogen-bond donors (Lipinski definition) is 2. The lowest BCUT2D eigenvalue weighted by atomic mass is 10.1. The highest BCUT2D eigenvalue weighted by atomic mass is 32.1. The van der Waals surface area contributed by atoms with Crippen LogP contribution in [0.15, 0.2) is 30.6 Å². The topological polar surface area (TPSA) is 69.8 Å². The SMILES string of the molecule is Cc1cc(C)n(C[NH+]2CCN(c3cc[nH+]cc3)CC2)c(=S)c1C(N)=O. The Kier molecular flexibility index (Phi) is 5.15. The van der Waals surface area contributed by atoms with Crippen LogP contribution in [0.3, 0.4) is 0 Å². The van der Waals surface area contributed by atoms with E-state index in [1.807, 2.05) is 36.9 Å². The van der Waals surface area contributed by atoms with Gasteiger partial charge in [0.25, 0.3) is 5.91 Å². The number of nitrogens with zero attached hydrogens (tertiary/aromatic N) is 2. The van der Waals surface area contributed by atoms with E-state index in [4.69, 9.17) is 18.0 Å². The second-order valence-electron chi connectivity index (χ2n) is 6.59. The van der Waals surface area contributed by atoms with Crippen LogP contribution in [-0.4, -0.2) is 36.7 Å². The van der Waals surface area contributed by atoms with Crippen LogP contribution in [0.2, 0.25) is 0 Å². The van der Waals surface area contributed by atoms with Crippen LogP contribution in [0.4, 0.5) is 5.69 Å². The molecule has 0 radical (unpaired) electrons. The highest BCUT2D eigenvalue weighted by Gasteiger charge is 2.22. The molecule has 0 atom stereocenters. The van der Waals surface area contributed by atoms with Crippen molar-refractivity contribution in [3.8, 4) is 0 Å². The summed E-state index contributed by atoms with van der Waals surface area (Å²) in [6.07, 6.45) is 3.91. The molecule has 3 rings (SSSR count). The number of aryl methyl sites for hydroxylation is 2. The van der Waals surface area contributed by atoms with Gasteiger partial charge in [-0.3, -0.25) is 9.36 Å². The second kappa shape index (κ2) is 7.33. The first-order valence-electron chi connectivity index (χ1n) is 8.53. The Morgan fingerprint density at radius 2 is 1.92 bits per heavy atom. The molecule has 1 aliphatic heterocycles. The van der Waals surface area contributed by atoms with Gasteiger partial charge in [-0.15, -0.1) is 0 Å². The van der Waals surface area contributed by atoms with Gasteiger partial charge < -0.3 is 15.5 Å². The molecule has 1 saturated heterocycles. The maximum Gasteiger partial charge on any atom is 0.251 e. The van der Waals surface area contributed by atoms with Crippen molar-refractivity contribution in [2.75, 3.05) is 31.1 Å². The number of carbonyl (C=O) groups excluding carboxylic acids is 1. The molecule has 3 heterocycles. The molecule has 4 N–H and O–H groups in total. The molecule has 2 aromatic rings. The molecule has 0 bridgehead atoms. The molecular weight excluding hydrogens is 334 g/mol. The molecule has 0 spiro atoms. The van der Waals surface area contributed by atoms with E-state index in [0.29, 0.717) is 10.2 Å². The number of amides is 1. The monoisotopic (exact) mass is 359 g/mol. The van der Waals surface area contributed by atoms with E-state index in [9.17, 15) is 4.79 Å². The Bertz CT molecular complexity index is 825. The third-order valence-corrected chi connectivity index (χ3v) is 5.29. The number of hydrogen-bond acceptors (Lipinski definition) is 3. The third-order valence-electron chi connectivity index (χ3n) is 4.87. The summed E-state index contributed by atoms with van der Waals surface area (Å²) in [7, 11) is 0. The Morgan fingerprint density at radius 3 is 2.52 bits per heavy atom. The molecule has 0 saturated carbocycles. The summed E-state index contributed by atoms with van der Waals surface area (Å²) in [5, 5.41) is 0. The molecule has 0 aliphatic carbocycles. The summed E-state index contributed by atoms with van der Waals surface area (Å²) in [6, 6.07) is 6.20. The quantitative estimate of drug-likeness (QED) is 0.762. The zero-order valence-corrected chi connectivity index (χ0v) is 15.5. The molecule has 0 unspecified atom stereocenters. The summed E-state index contributed by atoms with van der Waals surface area (Å²) in [6.45, 7) is 8.74. The predicted octanol–water partition coefficient (Wildman–Crippen LogP) is 0.110. The number of H-pyrrole nitrogens is 1. The van der Waals surface area contributed by atoms with Gasteiger partial charge in [0, 0.05) is 23.5 Å². The lowest BCUT2D eigenvalue weighted by Crippen LogP contribution is -3.14. The van der Waals surface area contributed by atoms with Gasteiger partial charge in [-0.2, -0.15) is 0 Å². The van der Waals surface area contributed by atoms with Gasteiger partial charge in [0.2, 0.25) is 0 Å². The minimum Gasteiger partial charge on any atom is -0.365 e. The van der Waals surface area contributed by atoms with Crippen molar-refractivity contribution < 1.29 is 14.7 Å². The summed E-state index contributed by atoms with van der Waals surface area (Å²) in [5.74, 6) is -0.447. The average Bonchev–Trinajstić information content (AvgIpc) is 2.59. The van der Waals surface area contributed by atoms with Crippen LogP contribution in [0.25, 0.3) is 0 Å². The molecule has 25 heavy (non-hydrogen) atoms. The van der Waals surface area contributed by atoms with Gasteiger partial charge in [-0.25, -0.2) is 4.98 Å². The highest BCUT2D eigenvalue weighted by molar-refractivity contribution is 7.71. The standard InChI is InChI=1S/C18H23N5OS/c1-13-11-14(2)23(18(25)16(13)17(19)24)12-21-7-9-22(10-8-21)15-3-5-20-6-4-15/h3-6,11H,7-10,12H2,1-2H3,(H2,19,24)/p+2. The van der Waals surface area contributed by atoms with Crippen molar-refractivity contribution in [1.82, 2.24) is 4.57 Å². The maximum atomic E-state index is 11.7. The Labute approximate surface area is 152 Å². The first-order chi connectivity index (χ1) is 12.0. The molecule has 1 aliphatic rings. The normalized spacial score (nSPS) is 15.4. The van der Waals surface area contributed by atoms with Crippen molar-refractivity contribution in [2.45, 2.75) is 20.5 Å². The number of nitrogens with one attached hydrogen (secondary N) is 2. The number of nitrogens with two attached hydrogens (primary N) is 1. The number of aromatic amines is 1.